The van der Waals surface area contributed by atoms with Gasteiger partial charge in [-0.05, 0) is 18.1 Å². The van der Waals surface area contributed by atoms with Crippen LogP contribution in [0, 0.1) is 0 Å². The zero-order chi connectivity index (χ0) is 17.3. The Labute approximate surface area is 144 Å². The van der Waals surface area contributed by atoms with Gasteiger partial charge in [-0.3, -0.25) is 4.57 Å². The number of thiazole rings is 1. The van der Waals surface area contributed by atoms with E-state index in [1.807, 2.05) is 23.6 Å². The number of methoxy groups -OCH3 is 2. The van der Waals surface area contributed by atoms with Gasteiger partial charge in [0.05, 0.1) is 19.9 Å². The van der Waals surface area contributed by atoms with E-state index in [1.54, 1.807) is 18.8 Å². The van der Waals surface area contributed by atoms with Gasteiger partial charge in [0.1, 0.15) is 17.2 Å². The summed E-state index contributed by atoms with van der Waals surface area (Å²) in [4.78, 5) is 4.65. The maximum absolute atomic E-state index is 6.08. The number of rotatable bonds is 5. The molecule has 2 N–H and O–H groups in total. The van der Waals surface area contributed by atoms with E-state index in [1.165, 1.54) is 11.3 Å². The molecule has 0 aliphatic carbocycles. The smallest absolute Gasteiger partial charge is 0.227 e. The fraction of sp³-hybridized carbons (Fsp3) is 0.312. The number of hydrogen-bond donors (Lipinski definition) is 1. The minimum atomic E-state index is 0.245. The summed E-state index contributed by atoms with van der Waals surface area (Å²) in [6.45, 7) is 4.20. The van der Waals surface area contributed by atoms with Crippen LogP contribution in [0.3, 0.4) is 0 Å². The maximum atomic E-state index is 6.08. The fourth-order valence-electron chi connectivity index (χ4n) is 2.36. The molecule has 0 aliphatic heterocycles. The lowest BCUT2D eigenvalue weighted by Gasteiger charge is -2.15. The molecule has 7 nitrogen and oxygen atoms in total. The Kier molecular flexibility index (Phi) is 4.39. The summed E-state index contributed by atoms with van der Waals surface area (Å²) >= 11 is 1.51. The molecule has 0 saturated heterocycles. The Morgan fingerprint density at radius 2 is 1.79 bits per heavy atom. The number of nitrogen functional groups attached to an aromatic ring is 1. The van der Waals surface area contributed by atoms with E-state index >= 15 is 0 Å². The first-order valence-electron chi connectivity index (χ1n) is 7.44. The SMILES string of the molecule is COc1cccc(OC)c1-n1c(N)nnc1-c1nc(C(C)C)cs1. The van der Waals surface area contributed by atoms with Gasteiger partial charge < -0.3 is 15.2 Å². The van der Waals surface area contributed by atoms with Crippen LogP contribution in [0.2, 0.25) is 0 Å². The molecule has 0 atom stereocenters. The van der Waals surface area contributed by atoms with Crippen molar-refractivity contribution in [2.24, 2.45) is 0 Å². The van der Waals surface area contributed by atoms with Crippen molar-refractivity contribution < 1.29 is 9.47 Å². The average molecular weight is 345 g/mol. The number of aromatic nitrogens is 4. The molecule has 24 heavy (non-hydrogen) atoms. The fourth-order valence-corrected chi connectivity index (χ4v) is 3.31. The van der Waals surface area contributed by atoms with Crippen LogP contribution in [0.4, 0.5) is 5.95 Å². The van der Waals surface area contributed by atoms with Crippen molar-refractivity contribution >= 4 is 17.3 Å². The van der Waals surface area contributed by atoms with Crippen LogP contribution in [0.1, 0.15) is 25.5 Å². The monoisotopic (exact) mass is 345 g/mol. The summed E-state index contributed by atoms with van der Waals surface area (Å²) in [5, 5.41) is 11.0. The molecule has 0 spiro atoms. The Hall–Kier alpha value is -2.61. The van der Waals surface area contributed by atoms with Crippen molar-refractivity contribution in [1.29, 1.82) is 0 Å². The highest BCUT2D eigenvalue weighted by molar-refractivity contribution is 7.13. The highest BCUT2D eigenvalue weighted by atomic mass is 32.1. The van der Waals surface area contributed by atoms with E-state index in [0.717, 1.165) is 10.7 Å². The number of hydrogen-bond acceptors (Lipinski definition) is 7. The molecule has 3 rings (SSSR count). The summed E-state index contributed by atoms with van der Waals surface area (Å²) in [6, 6.07) is 5.52. The number of para-hydroxylation sites is 1. The van der Waals surface area contributed by atoms with E-state index in [0.29, 0.717) is 28.9 Å². The number of anilines is 1. The summed E-state index contributed by atoms with van der Waals surface area (Å²) in [5.41, 5.74) is 7.74. The number of ether oxygens (including phenoxy) is 2. The third-order valence-corrected chi connectivity index (χ3v) is 4.47. The molecule has 1 aromatic carbocycles. The van der Waals surface area contributed by atoms with Crippen LogP contribution in [-0.2, 0) is 0 Å². The van der Waals surface area contributed by atoms with Gasteiger partial charge in [-0.15, -0.1) is 21.5 Å². The second kappa shape index (κ2) is 6.48. The molecule has 8 heteroatoms. The third-order valence-electron chi connectivity index (χ3n) is 3.62. The van der Waals surface area contributed by atoms with Gasteiger partial charge in [-0.2, -0.15) is 0 Å². The molecular weight excluding hydrogens is 326 g/mol. The molecule has 0 aliphatic rings. The van der Waals surface area contributed by atoms with Crippen LogP contribution in [0.15, 0.2) is 23.6 Å². The van der Waals surface area contributed by atoms with Crippen LogP contribution >= 0.6 is 11.3 Å². The summed E-state index contributed by atoms with van der Waals surface area (Å²) in [6.07, 6.45) is 0. The van der Waals surface area contributed by atoms with Gasteiger partial charge in [0.25, 0.3) is 0 Å². The molecule has 3 aromatic rings. The van der Waals surface area contributed by atoms with Crippen molar-refractivity contribution in [2.45, 2.75) is 19.8 Å². The van der Waals surface area contributed by atoms with Crippen molar-refractivity contribution in [3.8, 4) is 28.0 Å². The first-order valence-corrected chi connectivity index (χ1v) is 8.32. The van der Waals surface area contributed by atoms with E-state index < -0.39 is 0 Å². The second-order valence-corrected chi connectivity index (χ2v) is 6.32. The molecule has 0 radical (unpaired) electrons. The first-order chi connectivity index (χ1) is 11.6. The molecule has 2 aromatic heterocycles. The predicted octanol–water partition coefficient (Wildman–Crippen LogP) is 3.11. The summed E-state index contributed by atoms with van der Waals surface area (Å²) in [7, 11) is 3.19. The molecule has 0 bridgehead atoms. The lowest BCUT2D eigenvalue weighted by Crippen LogP contribution is -2.06. The van der Waals surface area contributed by atoms with Gasteiger partial charge in [-0.1, -0.05) is 19.9 Å². The van der Waals surface area contributed by atoms with E-state index in [2.05, 4.69) is 29.0 Å². The minimum absolute atomic E-state index is 0.245. The average Bonchev–Trinajstić information content (AvgIpc) is 3.20. The maximum Gasteiger partial charge on any atom is 0.227 e. The van der Waals surface area contributed by atoms with E-state index in [-0.39, 0.29) is 5.95 Å². The standard InChI is InChI=1S/C16H19N5O2S/c1-9(2)10-8-24-15(18-10)14-19-20-16(17)21(14)13-11(22-3)6-5-7-12(13)23-4/h5-9H,1-4H3,(H2,17,20). The van der Waals surface area contributed by atoms with Crippen LogP contribution in [-0.4, -0.2) is 34.0 Å². The number of nitrogens with two attached hydrogens (primary N) is 1. The van der Waals surface area contributed by atoms with Gasteiger partial charge >= 0.3 is 0 Å². The first kappa shape index (κ1) is 16.3. The van der Waals surface area contributed by atoms with E-state index in [4.69, 9.17) is 15.2 Å². The van der Waals surface area contributed by atoms with Crippen molar-refractivity contribution in [1.82, 2.24) is 19.7 Å². The van der Waals surface area contributed by atoms with Gasteiger partial charge in [0, 0.05) is 5.38 Å². The van der Waals surface area contributed by atoms with Gasteiger partial charge in [0.15, 0.2) is 10.8 Å². The third kappa shape index (κ3) is 2.69. The molecule has 0 amide bonds. The van der Waals surface area contributed by atoms with Gasteiger partial charge in [-0.25, -0.2) is 4.98 Å². The molecule has 0 fully saturated rings. The highest BCUT2D eigenvalue weighted by Gasteiger charge is 2.22. The molecule has 0 saturated carbocycles. The quantitative estimate of drug-likeness (QED) is 0.764. The zero-order valence-corrected chi connectivity index (χ0v) is 14.8. The van der Waals surface area contributed by atoms with Crippen LogP contribution < -0.4 is 15.2 Å². The second-order valence-electron chi connectivity index (χ2n) is 5.46. The molecule has 0 unspecified atom stereocenters. The minimum Gasteiger partial charge on any atom is -0.494 e. The summed E-state index contributed by atoms with van der Waals surface area (Å²) < 4.78 is 12.7. The molecule has 126 valence electrons. The van der Waals surface area contributed by atoms with Crippen molar-refractivity contribution in [3.05, 3.63) is 29.3 Å². The number of nitrogens with zero attached hydrogens (tertiary/aromatic N) is 4. The normalized spacial score (nSPS) is 11.0. The lowest BCUT2D eigenvalue weighted by molar-refractivity contribution is 0.391. The van der Waals surface area contributed by atoms with E-state index in [9.17, 15) is 0 Å². The van der Waals surface area contributed by atoms with Gasteiger partial charge in [0.2, 0.25) is 5.95 Å². The molecular formula is C16H19N5O2S. The Bertz CT molecular complexity index is 834. The Balaban J connectivity index is 2.22. The van der Waals surface area contributed by atoms with Crippen molar-refractivity contribution in [3.63, 3.8) is 0 Å². The highest BCUT2D eigenvalue weighted by Crippen LogP contribution is 2.37. The zero-order valence-electron chi connectivity index (χ0n) is 14.0. The largest absolute Gasteiger partial charge is 0.494 e. The Morgan fingerprint density at radius 3 is 2.33 bits per heavy atom. The topological polar surface area (TPSA) is 88.1 Å². The molecule has 2 heterocycles. The van der Waals surface area contributed by atoms with Crippen molar-refractivity contribution in [2.75, 3.05) is 20.0 Å². The summed E-state index contributed by atoms with van der Waals surface area (Å²) in [5.74, 6) is 2.37. The Morgan fingerprint density at radius 1 is 1.12 bits per heavy atom. The predicted molar refractivity (Wildman–Crippen MR) is 94.1 cm³/mol. The number of benzene rings is 1. The van der Waals surface area contributed by atoms with Crippen LogP contribution in [0.5, 0.6) is 11.5 Å². The lowest BCUT2D eigenvalue weighted by atomic mass is 10.2. The van der Waals surface area contributed by atoms with Crippen LogP contribution in [0.25, 0.3) is 16.5 Å².